The first-order valence-electron chi connectivity index (χ1n) is 7.50. The zero-order chi connectivity index (χ0) is 15.2. The number of benzene rings is 1. The van der Waals surface area contributed by atoms with Crippen LogP contribution >= 0.6 is 15.9 Å². The van der Waals surface area contributed by atoms with E-state index in [1.807, 2.05) is 25.1 Å². The molecule has 1 saturated carbocycles. The number of nitrogens with one attached hydrogen (secondary N) is 2. The molecule has 0 radical (unpaired) electrons. The lowest BCUT2D eigenvalue weighted by molar-refractivity contribution is -0.122. The van der Waals surface area contributed by atoms with Gasteiger partial charge in [-0.1, -0.05) is 19.3 Å². The second-order valence-electron chi connectivity index (χ2n) is 5.56. The topological polar surface area (TPSA) is 50.4 Å². The van der Waals surface area contributed by atoms with Crippen molar-refractivity contribution in [3.8, 4) is 5.75 Å². The lowest BCUT2D eigenvalue weighted by Crippen LogP contribution is -2.44. The highest BCUT2D eigenvalue weighted by molar-refractivity contribution is 9.10. The van der Waals surface area contributed by atoms with Gasteiger partial charge in [0.15, 0.2) is 0 Å². The van der Waals surface area contributed by atoms with Crippen LogP contribution in [0.1, 0.15) is 39.0 Å². The Labute approximate surface area is 134 Å². The molecule has 0 aromatic heterocycles. The van der Waals surface area contributed by atoms with Crippen LogP contribution in [0.25, 0.3) is 0 Å². The second kappa shape index (κ2) is 7.69. The minimum absolute atomic E-state index is 0.0591. The Morgan fingerprint density at radius 1 is 1.33 bits per heavy atom. The molecule has 1 amide bonds. The van der Waals surface area contributed by atoms with Crippen molar-refractivity contribution >= 4 is 27.5 Å². The van der Waals surface area contributed by atoms with Crippen LogP contribution in [0.5, 0.6) is 5.75 Å². The van der Waals surface area contributed by atoms with Crippen molar-refractivity contribution in [2.45, 2.75) is 51.1 Å². The first-order chi connectivity index (χ1) is 10.1. The summed E-state index contributed by atoms with van der Waals surface area (Å²) in [6, 6.07) is 5.80. The second-order valence-corrected chi connectivity index (χ2v) is 6.41. The molecule has 1 aromatic carbocycles. The predicted octanol–water partition coefficient (Wildman–Crippen LogP) is 3.71. The zero-order valence-corrected chi connectivity index (χ0v) is 14.2. The first-order valence-corrected chi connectivity index (χ1v) is 8.30. The quantitative estimate of drug-likeness (QED) is 0.847. The van der Waals surface area contributed by atoms with E-state index >= 15 is 0 Å². The summed E-state index contributed by atoms with van der Waals surface area (Å²) >= 11 is 3.42. The monoisotopic (exact) mass is 354 g/mol. The van der Waals surface area contributed by atoms with E-state index in [1.54, 1.807) is 7.11 Å². The van der Waals surface area contributed by atoms with Crippen LogP contribution in [0.4, 0.5) is 5.69 Å². The Morgan fingerprint density at radius 2 is 2.05 bits per heavy atom. The van der Waals surface area contributed by atoms with Crippen molar-refractivity contribution in [2.24, 2.45) is 0 Å². The molecule has 1 aliphatic carbocycles. The molecule has 1 aromatic rings. The van der Waals surface area contributed by atoms with Crippen LogP contribution < -0.4 is 15.4 Å². The molecule has 0 aliphatic heterocycles. The van der Waals surface area contributed by atoms with Gasteiger partial charge in [0.1, 0.15) is 11.8 Å². The van der Waals surface area contributed by atoms with Gasteiger partial charge >= 0.3 is 0 Å². The molecule has 116 valence electrons. The van der Waals surface area contributed by atoms with Gasteiger partial charge in [0.2, 0.25) is 5.91 Å². The number of amides is 1. The number of methoxy groups -OCH3 is 1. The van der Waals surface area contributed by atoms with Crippen molar-refractivity contribution in [3.63, 3.8) is 0 Å². The predicted molar refractivity (Wildman–Crippen MR) is 88.8 cm³/mol. The Balaban J connectivity index is 1.90. The van der Waals surface area contributed by atoms with E-state index in [9.17, 15) is 4.79 Å². The maximum atomic E-state index is 12.2. The van der Waals surface area contributed by atoms with Crippen LogP contribution in [-0.4, -0.2) is 25.1 Å². The first kappa shape index (κ1) is 16.1. The van der Waals surface area contributed by atoms with Crippen LogP contribution in [0.15, 0.2) is 22.7 Å². The summed E-state index contributed by atoms with van der Waals surface area (Å²) in [5, 5.41) is 6.36. The maximum absolute atomic E-state index is 12.2. The summed E-state index contributed by atoms with van der Waals surface area (Å²) in [7, 11) is 1.63. The molecule has 4 nitrogen and oxygen atoms in total. The molecule has 21 heavy (non-hydrogen) atoms. The summed E-state index contributed by atoms with van der Waals surface area (Å²) in [5.74, 6) is 0.809. The molecule has 2 N–H and O–H groups in total. The van der Waals surface area contributed by atoms with Crippen LogP contribution in [0, 0.1) is 0 Å². The Hall–Kier alpha value is -1.23. The van der Waals surface area contributed by atoms with Gasteiger partial charge in [-0.25, -0.2) is 0 Å². The number of rotatable bonds is 5. The van der Waals surface area contributed by atoms with Gasteiger partial charge in [0.25, 0.3) is 0 Å². The molecule has 0 heterocycles. The summed E-state index contributed by atoms with van der Waals surface area (Å²) in [5.41, 5.74) is 0.876. The normalized spacial score (nSPS) is 17.1. The number of hydrogen-bond acceptors (Lipinski definition) is 3. The van der Waals surface area contributed by atoms with Gasteiger partial charge in [-0.2, -0.15) is 0 Å². The lowest BCUT2D eigenvalue weighted by atomic mass is 9.95. The molecular formula is C16H23BrN2O2. The van der Waals surface area contributed by atoms with Crippen LogP contribution in [-0.2, 0) is 4.79 Å². The van der Waals surface area contributed by atoms with Gasteiger partial charge in [-0.05, 0) is 47.8 Å². The fraction of sp³-hybridized carbons (Fsp3) is 0.562. The Kier molecular flexibility index (Phi) is 5.91. The molecule has 0 spiro atoms. The molecule has 1 atom stereocenters. The molecule has 1 unspecified atom stereocenters. The number of carbonyl (C=O) groups excluding carboxylic acids is 1. The third kappa shape index (κ3) is 4.63. The number of carbonyl (C=O) groups is 1. The molecule has 1 fully saturated rings. The fourth-order valence-corrected chi connectivity index (χ4v) is 3.05. The van der Waals surface area contributed by atoms with E-state index in [2.05, 4.69) is 26.6 Å². The van der Waals surface area contributed by atoms with E-state index < -0.39 is 0 Å². The van der Waals surface area contributed by atoms with Crippen molar-refractivity contribution in [2.75, 3.05) is 12.4 Å². The highest BCUT2D eigenvalue weighted by Gasteiger charge is 2.19. The Bertz CT molecular complexity index is 487. The highest BCUT2D eigenvalue weighted by atomic mass is 79.9. The van der Waals surface area contributed by atoms with Crippen molar-refractivity contribution in [3.05, 3.63) is 22.7 Å². The average molecular weight is 355 g/mol. The van der Waals surface area contributed by atoms with E-state index in [0.29, 0.717) is 6.04 Å². The summed E-state index contributed by atoms with van der Waals surface area (Å²) in [4.78, 5) is 12.2. The standard InChI is InChI=1S/C16H23BrN2O2/c1-11(16(20)19-12-6-4-3-5-7-12)18-13-8-9-14(17)15(10-13)21-2/h8-12,18H,3-7H2,1-2H3,(H,19,20). The highest BCUT2D eigenvalue weighted by Crippen LogP contribution is 2.28. The van der Waals surface area contributed by atoms with Crippen LogP contribution in [0.3, 0.4) is 0 Å². The molecule has 0 saturated heterocycles. The average Bonchev–Trinajstić information content (AvgIpc) is 2.50. The minimum atomic E-state index is -0.266. The summed E-state index contributed by atoms with van der Waals surface area (Å²) < 4.78 is 6.16. The summed E-state index contributed by atoms with van der Waals surface area (Å²) in [6.07, 6.45) is 5.93. The fourth-order valence-electron chi connectivity index (χ4n) is 2.64. The van der Waals surface area contributed by atoms with Crippen molar-refractivity contribution in [1.29, 1.82) is 0 Å². The number of ether oxygens (including phenoxy) is 1. The van der Waals surface area contributed by atoms with Gasteiger partial charge < -0.3 is 15.4 Å². The molecular weight excluding hydrogens is 332 g/mol. The minimum Gasteiger partial charge on any atom is -0.495 e. The third-order valence-electron chi connectivity index (χ3n) is 3.88. The molecule has 1 aliphatic rings. The van der Waals surface area contributed by atoms with Crippen molar-refractivity contribution < 1.29 is 9.53 Å². The number of anilines is 1. The largest absolute Gasteiger partial charge is 0.495 e. The van der Waals surface area contributed by atoms with E-state index in [4.69, 9.17) is 4.74 Å². The summed E-state index contributed by atoms with van der Waals surface area (Å²) in [6.45, 7) is 1.88. The van der Waals surface area contributed by atoms with Crippen LogP contribution in [0.2, 0.25) is 0 Å². The number of halogens is 1. The number of hydrogen-bond donors (Lipinski definition) is 2. The molecule has 2 rings (SSSR count). The van der Waals surface area contributed by atoms with E-state index in [1.165, 1.54) is 19.3 Å². The zero-order valence-electron chi connectivity index (χ0n) is 12.6. The van der Waals surface area contributed by atoms with Gasteiger partial charge in [0.05, 0.1) is 11.6 Å². The van der Waals surface area contributed by atoms with E-state index in [-0.39, 0.29) is 11.9 Å². The molecule has 0 bridgehead atoms. The van der Waals surface area contributed by atoms with Gasteiger partial charge in [-0.15, -0.1) is 0 Å². The maximum Gasteiger partial charge on any atom is 0.242 e. The van der Waals surface area contributed by atoms with Crippen molar-refractivity contribution in [1.82, 2.24) is 5.32 Å². The van der Waals surface area contributed by atoms with E-state index in [0.717, 1.165) is 28.8 Å². The molecule has 5 heteroatoms. The SMILES string of the molecule is COc1cc(NC(C)C(=O)NC2CCCCC2)ccc1Br. The van der Waals surface area contributed by atoms with Gasteiger partial charge in [-0.3, -0.25) is 4.79 Å². The Morgan fingerprint density at radius 3 is 2.71 bits per heavy atom. The van der Waals surface area contributed by atoms with Gasteiger partial charge in [0, 0.05) is 17.8 Å². The lowest BCUT2D eigenvalue weighted by Gasteiger charge is -2.25. The third-order valence-corrected chi connectivity index (χ3v) is 4.53. The smallest absolute Gasteiger partial charge is 0.242 e.